The van der Waals surface area contributed by atoms with E-state index < -0.39 is 10.0 Å². The van der Waals surface area contributed by atoms with Gasteiger partial charge in [-0.15, -0.1) is 0 Å². The maximum absolute atomic E-state index is 12.9. The van der Waals surface area contributed by atoms with Gasteiger partial charge in [-0.25, -0.2) is 8.42 Å². The highest BCUT2D eigenvalue weighted by Crippen LogP contribution is 2.30. The second-order valence-corrected chi connectivity index (χ2v) is 8.64. The Bertz CT molecular complexity index is 1030. The third-order valence-corrected chi connectivity index (χ3v) is 6.79. The van der Waals surface area contributed by atoms with Crippen LogP contribution in [0.15, 0.2) is 64.0 Å². The summed E-state index contributed by atoms with van der Waals surface area (Å²) in [5, 5.41) is 4.11. The van der Waals surface area contributed by atoms with Gasteiger partial charge >= 0.3 is 0 Å². The smallest absolute Gasteiger partial charge is 0.257 e. The number of ether oxygens (including phenoxy) is 1. The first-order chi connectivity index (χ1) is 13.6. The zero-order valence-corrected chi connectivity index (χ0v) is 16.3. The van der Waals surface area contributed by atoms with Gasteiger partial charge in [0.25, 0.3) is 5.89 Å². The SMILES string of the molecule is COc1ccc(-c2nc([C@@H]3CCCN(S(=O)(=O)c4ccccc4)C3)no2)cc1. The van der Waals surface area contributed by atoms with E-state index in [2.05, 4.69) is 10.1 Å². The van der Waals surface area contributed by atoms with E-state index in [1.807, 2.05) is 24.3 Å². The van der Waals surface area contributed by atoms with Crippen molar-refractivity contribution in [2.45, 2.75) is 23.7 Å². The van der Waals surface area contributed by atoms with Gasteiger partial charge in [0.05, 0.1) is 12.0 Å². The van der Waals surface area contributed by atoms with E-state index in [4.69, 9.17) is 9.26 Å². The lowest BCUT2D eigenvalue weighted by Crippen LogP contribution is -2.39. The molecule has 0 saturated carbocycles. The largest absolute Gasteiger partial charge is 0.497 e. The summed E-state index contributed by atoms with van der Waals surface area (Å²) in [5.74, 6) is 1.61. The number of aromatic nitrogens is 2. The minimum absolute atomic E-state index is 0.0945. The maximum atomic E-state index is 12.9. The first-order valence-electron chi connectivity index (χ1n) is 9.11. The summed E-state index contributed by atoms with van der Waals surface area (Å²) in [5.41, 5.74) is 0.795. The van der Waals surface area contributed by atoms with Gasteiger partial charge < -0.3 is 9.26 Å². The normalized spacial score (nSPS) is 18.1. The van der Waals surface area contributed by atoms with Crippen molar-refractivity contribution >= 4 is 10.0 Å². The van der Waals surface area contributed by atoms with Crippen LogP contribution in [-0.2, 0) is 10.0 Å². The average Bonchev–Trinajstić information content (AvgIpc) is 3.25. The summed E-state index contributed by atoms with van der Waals surface area (Å²) in [6, 6.07) is 15.9. The van der Waals surface area contributed by atoms with Crippen molar-refractivity contribution in [1.82, 2.24) is 14.4 Å². The zero-order valence-electron chi connectivity index (χ0n) is 15.5. The minimum atomic E-state index is -3.52. The molecule has 1 aliphatic rings. The molecule has 1 aromatic heterocycles. The van der Waals surface area contributed by atoms with Crippen molar-refractivity contribution in [2.75, 3.05) is 20.2 Å². The Morgan fingerprint density at radius 2 is 1.86 bits per heavy atom. The molecule has 4 rings (SSSR count). The van der Waals surface area contributed by atoms with Crippen molar-refractivity contribution in [3.8, 4) is 17.2 Å². The molecule has 28 heavy (non-hydrogen) atoms. The monoisotopic (exact) mass is 399 g/mol. The first kappa shape index (κ1) is 18.6. The van der Waals surface area contributed by atoms with E-state index >= 15 is 0 Å². The molecule has 1 aliphatic heterocycles. The number of nitrogens with zero attached hydrogens (tertiary/aromatic N) is 3. The van der Waals surface area contributed by atoms with Crippen LogP contribution in [0.4, 0.5) is 0 Å². The lowest BCUT2D eigenvalue weighted by Gasteiger charge is -2.30. The number of sulfonamides is 1. The van der Waals surface area contributed by atoms with Gasteiger partial charge in [0.2, 0.25) is 10.0 Å². The number of piperidine rings is 1. The Hall–Kier alpha value is -2.71. The fourth-order valence-electron chi connectivity index (χ4n) is 3.36. The second-order valence-electron chi connectivity index (χ2n) is 6.70. The quantitative estimate of drug-likeness (QED) is 0.654. The molecule has 0 spiro atoms. The third kappa shape index (κ3) is 3.65. The molecule has 0 N–H and O–H groups in total. The van der Waals surface area contributed by atoms with Crippen LogP contribution in [0.1, 0.15) is 24.6 Å². The average molecular weight is 399 g/mol. The molecule has 2 aromatic carbocycles. The van der Waals surface area contributed by atoms with E-state index in [9.17, 15) is 8.42 Å². The number of hydrogen-bond acceptors (Lipinski definition) is 6. The van der Waals surface area contributed by atoms with Crippen LogP contribution in [0.3, 0.4) is 0 Å². The highest BCUT2D eigenvalue weighted by molar-refractivity contribution is 7.89. The van der Waals surface area contributed by atoms with Gasteiger partial charge in [-0.3, -0.25) is 0 Å². The summed E-state index contributed by atoms with van der Waals surface area (Å²) in [6.45, 7) is 0.843. The maximum Gasteiger partial charge on any atom is 0.257 e. The molecule has 7 nitrogen and oxygen atoms in total. The number of hydrogen-bond donors (Lipinski definition) is 0. The Morgan fingerprint density at radius 3 is 2.57 bits per heavy atom. The van der Waals surface area contributed by atoms with E-state index in [0.717, 1.165) is 24.2 Å². The highest BCUT2D eigenvalue weighted by atomic mass is 32.2. The summed E-state index contributed by atoms with van der Waals surface area (Å²) >= 11 is 0. The standard InChI is InChI=1S/C20H21N3O4S/c1-26-17-11-9-15(10-12-17)20-21-19(22-27-20)16-6-5-13-23(14-16)28(24,25)18-7-3-2-4-8-18/h2-4,7-12,16H,5-6,13-14H2,1H3/t16-/m1/s1. The third-order valence-electron chi connectivity index (χ3n) is 4.91. The summed E-state index contributed by atoms with van der Waals surface area (Å²) in [4.78, 5) is 4.82. The van der Waals surface area contributed by atoms with Crippen LogP contribution in [0.25, 0.3) is 11.5 Å². The van der Waals surface area contributed by atoms with Crippen molar-refractivity contribution in [3.05, 3.63) is 60.4 Å². The Labute approximate surface area is 164 Å². The molecule has 0 aliphatic carbocycles. The van der Waals surface area contributed by atoms with Gasteiger partial charge in [-0.2, -0.15) is 9.29 Å². The first-order valence-corrected chi connectivity index (χ1v) is 10.5. The summed E-state index contributed by atoms with van der Waals surface area (Å²) < 4.78 is 37.9. The van der Waals surface area contributed by atoms with Crippen LogP contribution in [0.5, 0.6) is 5.75 Å². The number of benzene rings is 2. The van der Waals surface area contributed by atoms with Crippen molar-refractivity contribution < 1.29 is 17.7 Å². The Kier molecular flexibility index (Phi) is 5.15. The van der Waals surface area contributed by atoms with Crippen LogP contribution >= 0.6 is 0 Å². The number of methoxy groups -OCH3 is 1. The molecule has 8 heteroatoms. The van der Waals surface area contributed by atoms with Crippen molar-refractivity contribution in [1.29, 1.82) is 0 Å². The van der Waals surface area contributed by atoms with E-state index in [0.29, 0.717) is 29.7 Å². The molecular formula is C20H21N3O4S. The van der Waals surface area contributed by atoms with Crippen molar-refractivity contribution in [3.63, 3.8) is 0 Å². The van der Waals surface area contributed by atoms with Gasteiger partial charge in [-0.05, 0) is 49.2 Å². The van der Waals surface area contributed by atoms with Crippen LogP contribution in [0, 0.1) is 0 Å². The molecule has 1 saturated heterocycles. The molecule has 2 heterocycles. The molecule has 3 aromatic rings. The second kappa shape index (κ2) is 7.73. The lowest BCUT2D eigenvalue weighted by molar-refractivity contribution is 0.302. The molecular weight excluding hydrogens is 378 g/mol. The molecule has 0 radical (unpaired) electrons. The van der Waals surface area contributed by atoms with Crippen molar-refractivity contribution in [2.24, 2.45) is 0 Å². The Balaban J connectivity index is 1.53. The molecule has 0 bridgehead atoms. The predicted octanol–water partition coefficient (Wildman–Crippen LogP) is 3.31. The molecule has 0 amide bonds. The molecule has 146 valence electrons. The number of rotatable bonds is 5. The van der Waals surface area contributed by atoms with E-state index in [-0.39, 0.29) is 5.92 Å². The van der Waals surface area contributed by atoms with Gasteiger partial charge in [-0.1, -0.05) is 23.4 Å². The van der Waals surface area contributed by atoms with E-state index in [1.165, 1.54) is 4.31 Å². The van der Waals surface area contributed by atoms with Crippen LogP contribution in [0.2, 0.25) is 0 Å². The predicted molar refractivity (Wildman–Crippen MR) is 103 cm³/mol. The molecule has 0 unspecified atom stereocenters. The zero-order chi connectivity index (χ0) is 19.6. The van der Waals surface area contributed by atoms with Gasteiger partial charge in [0.15, 0.2) is 5.82 Å². The molecule has 1 atom stereocenters. The lowest BCUT2D eigenvalue weighted by atomic mass is 9.99. The minimum Gasteiger partial charge on any atom is -0.497 e. The van der Waals surface area contributed by atoms with Gasteiger partial charge in [0, 0.05) is 24.6 Å². The summed E-state index contributed by atoms with van der Waals surface area (Å²) in [6.07, 6.45) is 1.57. The van der Waals surface area contributed by atoms with E-state index in [1.54, 1.807) is 37.4 Å². The van der Waals surface area contributed by atoms with Gasteiger partial charge in [0.1, 0.15) is 5.75 Å². The molecule has 1 fully saturated rings. The fraction of sp³-hybridized carbons (Fsp3) is 0.300. The summed E-state index contributed by atoms with van der Waals surface area (Å²) in [7, 11) is -1.91. The highest BCUT2D eigenvalue weighted by Gasteiger charge is 2.32. The van der Waals surface area contributed by atoms with Crippen LogP contribution in [-0.4, -0.2) is 43.1 Å². The Morgan fingerprint density at radius 1 is 1.11 bits per heavy atom. The fourth-order valence-corrected chi connectivity index (χ4v) is 4.91. The topological polar surface area (TPSA) is 85.5 Å². The van der Waals surface area contributed by atoms with Crippen LogP contribution < -0.4 is 4.74 Å².